The standard InChI is InChI=1S/2C6H6.Ca.2H3O2P/c2*1-2-4-6-5-3-1;;2*1-3-2/h2*1-6H;;2*3H2,(H,1,2)/q;;+2;;/p-2. The summed E-state index contributed by atoms with van der Waals surface area (Å²) in [5.41, 5.74) is 0. The van der Waals surface area contributed by atoms with Gasteiger partial charge in [0.2, 0.25) is 0 Å². The molecule has 0 saturated heterocycles. The zero-order valence-electron chi connectivity index (χ0n) is 10.4. The van der Waals surface area contributed by atoms with Crippen molar-refractivity contribution in [2.24, 2.45) is 0 Å². The van der Waals surface area contributed by atoms with Crippen molar-refractivity contribution in [1.82, 2.24) is 0 Å². The Bertz CT molecular complexity index is 272. The van der Waals surface area contributed by atoms with Crippen LogP contribution in [0.1, 0.15) is 0 Å². The second-order valence-corrected chi connectivity index (χ2v) is 2.89. The minimum Gasteiger partial charge on any atom is -0.804 e. The smallest absolute Gasteiger partial charge is 0.804 e. The first-order valence-electron chi connectivity index (χ1n) is 4.94. The monoisotopic (exact) mass is 326 g/mol. The third-order valence-corrected chi connectivity index (χ3v) is 1.33. The normalized spacial score (nSPS) is 8.11. The molecule has 0 aromatic heterocycles. The van der Waals surface area contributed by atoms with Gasteiger partial charge in [-0.1, -0.05) is 72.8 Å². The summed E-state index contributed by atoms with van der Waals surface area (Å²) >= 11 is 0. The molecule has 0 aliphatic rings. The van der Waals surface area contributed by atoms with Crippen LogP contribution in [0.25, 0.3) is 0 Å². The van der Waals surface area contributed by atoms with Gasteiger partial charge in [-0.2, -0.15) is 0 Å². The summed E-state index contributed by atoms with van der Waals surface area (Å²) in [7, 11) is -3.50. The number of benzene rings is 2. The Morgan fingerprint density at radius 2 is 0.526 bits per heavy atom. The van der Waals surface area contributed by atoms with Gasteiger partial charge in [-0.05, 0) is 17.4 Å². The van der Waals surface area contributed by atoms with Crippen LogP contribution in [0.3, 0.4) is 0 Å². The molecule has 0 aliphatic carbocycles. The van der Waals surface area contributed by atoms with E-state index in [1.54, 1.807) is 0 Å². The first-order chi connectivity index (χ1) is 8.83. The molecular formula is C12H16CaO4P2. The Kier molecular flexibility index (Phi) is 33.8. The van der Waals surface area contributed by atoms with Crippen LogP contribution in [0.5, 0.6) is 0 Å². The molecular weight excluding hydrogens is 310 g/mol. The molecule has 0 bridgehead atoms. The molecule has 0 radical (unpaired) electrons. The fraction of sp³-hybridized carbons (Fsp3) is 0. The molecule has 0 heterocycles. The van der Waals surface area contributed by atoms with Gasteiger partial charge in [-0.15, -0.1) is 0 Å². The molecule has 2 rings (SSSR count). The summed E-state index contributed by atoms with van der Waals surface area (Å²) in [5.74, 6) is 0. The fourth-order valence-electron chi connectivity index (χ4n) is 0.770. The molecule has 0 saturated carbocycles. The quantitative estimate of drug-likeness (QED) is 0.535. The molecule has 0 fully saturated rings. The first-order valence-corrected chi connectivity index (χ1v) is 6.83. The topological polar surface area (TPSA) is 80.3 Å². The first kappa shape index (κ1) is 24.1. The fourth-order valence-corrected chi connectivity index (χ4v) is 0.770. The molecule has 0 spiro atoms. The molecule has 7 heteroatoms. The molecule has 0 amide bonds. The SMILES string of the molecule is O=[PH2][O-].O=[PH2][O-].[Ca+2].c1ccccc1.c1ccccc1. The number of rotatable bonds is 0. The van der Waals surface area contributed by atoms with Gasteiger partial charge in [0, 0.05) is 0 Å². The van der Waals surface area contributed by atoms with E-state index in [-0.39, 0.29) is 37.7 Å². The van der Waals surface area contributed by atoms with Gasteiger partial charge in [-0.3, -0.25) is 0 Å². The van der Waals surface area contributed by atoms with Gasteiger partial charge in [0.05, 0.1) is 0 Å². The van der Waals surface area contributed by atoms with E-state index >= 15 is 0 Å². The summed E-state index contributed by atoms with van der Waals surface area (Å²) in [6.45, 7) is 0. The largest absolute Gasteiger partial charge is 2.00 e. The van der Waals surface area contributed by atoms with Crippen molar-refractivity contribution in [1.29, 1.82) is 0 Å². The third kappa shape index (κ3) is 32.0. The van der Waals surface area contributed by atoms with Gasteiger partial charge in [0.25, 0.3) is 0 Å². The van der Waals surface area contributed by atoms with Crippen molar-refractivity contribution in [3.05, 3.63) is 72.8 Å². The maximum absolute atomic E-state index is 8.46. The van der Waals surface area contributed by atoms with Crippen LogP contribution in [0, 0.1) is 0 Å². The minimum absolute atomic E-state index is 0. The molecule has 2 aromatic rings. The average molecular weight is 326 g/mol. The van der Waals surface area contributed by atoms with E-state index in [1.165, 1.54) is 0 Å². The van der Waals surface area contributed by atoms with E-state index in [0.29, 0.717) is 0 Å². The molecule has 2 aromatic carbocycles. The number of hydrogen-bond donors (Lipinski definition) is 0. The van der Waals surface area contributed by atoms with Crippen molar-refractivity contribution in [2.75, 3.05) is 0 Å². The maximum atomic E-state index is 8.46. The van der Waals surface area contributed by atoms with E-state index in [1.807, 2.05) is 72.8 Å². The van der Waals surface area contributed by atoms with Crippen molar-refractivity contribution < 1.29 is 18.9 Å². The van der Waals surface area contributed by atoms with Gasteiger partial charge < -0.3 is 18.9 Å². The van der Waals surface area contributed by atoms with E-state index in [2.05, 4.69) is 0 Å². The van der Waals surface area contributed by atoms with Crippen LogP contribution in [-0.4, -0.2) is 37.7 Å². The molecule has 100 valence electrons. The van der Waals surface area contributed by atoms with Crippen molar-refractivity contribution in [2.45, 2.75) is 0 Å². The zero-order chi connectivity index (χ0) is 13.9. The summed E-state index contributed by atoms with van der Waals surface area (Å²) in [5, 5.41) is 0. The van der Waals surface area contributed by atoms with Crippen LogP contribution in [-0.2, 0) is 9.13 Å². The summed E-state index contributed by atoms with van der Waals surface area (Å²) in [6, 6.07) is 24.0. The Labute approximate surface area is 146 Å². The predicted octanol–water partition coefficient (Wildman–Crippen LogP) is 1.03. The summed E-state index contributed by atoms with van der Waals surface area (Å²) in [4.78, 5) is 16.9. The number of hydrogen-bond acceptors (Lipinski definition) is 4. The van der Waals surface area contributed by atoms with Crippen LogP contribution in [0.2, 0.25) is 0 Å². The van der Waals surface area contributed by atoms with Crippen molar-refractivity contribution >= 4 is 55.1 Å². The predicted molar refractivity (Wildman–Crippen MR) is 79.4 cm³/mol. The van der Waals surface area contributed by atoms with Crippen LogP contribution < -0.4 is 9.79 Å². The van der Waals surface area contributed by atoms with Gasteiger partial charge in [0.1, 0.15) is 0 Å². The Morgan fingerprint density at radius 3 is 0.579 bits per heavy atom. The summed E-state index contributed by atoms with van der Waals surface area (Å²) < 4.78 is 16.9. The Morgan fingerprint density at radius 1 is 0.474 bits per heavy atom. The molecule has 2 atom stereocenters. The second-order valence-electron chi connectivity index (χ2n) is 2.50. The minimum atomic E-state index is -1.75. The van der Waals surface area contributed by atoms with Gasteiger partial charge >= 0.3 is 37.7 Å². The van der Waals surface area contributed by atoms with Crippen LogP contribution >= 0.6 is 17.4 Å². The van der Waals surface area contributed by atoms with E-state index in [9.17, 15) is 0 Å². The Hall–Kier alpha value is 0.0797. The molecule has 4 nitrogen and oxygen atoms in total. The molecule has 0 aliphatic heterocycles. The summed E-state index contributed by atoms with van der Waals surface area (Å²) in [6.07, 6.45) is 0. The van der Waals surface area contributed by atoms with Gasteiger partial charge in [0.15, 0.2) is 0 Å². The van der Waals surface area contributed by atoms with E-state index < -0.39 is 17.4 Å². The van der Waals surface area contributed by atoms with Crippen molar-refractivity contribution in [3.63, 3.8) is 0 Å². The molecule has 0 N–H and O–H groups in total. The average Bonchev–Trinajstić information content (AvgIpc) is 2.45. The molecule has 2 unspecified atom stereocenters. The van der Waals surface area contributed by atoms with E-state index in [0.717, 1.165) is 0 Å². The molecule has 19 heavy (non-hydrogen) atoms. The van der Waals surface area contributed by atoms with Crippen LogP contribution in [0.15, 0.2) is 72.8 Å². The Balaban J connectivity index is -0.000000188. The third-order valence-electron chi connectivity index (χ3n) is 1.33. The maximum Gasteiger partial charge on any atom is 2.00 e. The van der Waals surface area contributed by atoms with Crippen LogP contribution in [0.4, 0.5) is 0 Å². The van der Waals surface area contributed by atoms with Crippen molar-refractivity contribution in [3.8, 4) is 0 Å². The zero-order valence-corrected chi connectivity index (χ0v) is 14.9. The van der Waals surface area contributed by atoms with E-state index in [4.69, 9.17) is 18.9 Å². The second kappa shape index (κ2) is 26.6. The van der Waals surface area contributed by atoms with Gasteiger partial charge in [-0.25, -0.2) is 0 Å².